The van der Waals surface area contributed by atoms with Crippen molar-refractivity contribution in [3.8, 4) is 0 Å². The largest absolute Gasteiger partial charge is 0.466 e. The van der Waals surface area contributed by atoms with Crippen LogP contribution in [0.25, 0.3) is 0 Å². The fourth-order valence-corrected chi connectivity index (χ4v) is 2.15. The van der Waals surface area contributed by atoms with Crippen molar-refractivity contribution in [1.29, 1.82) is 0 Å². The molecule has 1 saturated heterocycles. The molecular formula is C10H17NO2. The van der Waals surface area contributed by atoms with Gasteiger partial charge in [0.2, 0.25) is 0 Å². The number of carbonyl (C=O) groups is 1. The molecule has 1 aliphatic heterocycles. The lowest BCUT2D eigenvalue weighted by Gasteiger charge is -2.08. The Bertz CT molecular complexity index is 211. The van der Waals surface area contributed by atoms with Gasteiger partial charge >= 0.3 is 5.97 Å². The van der Waals surface area contributed by atoms with Crippen molar-refractivity contribution >= 4 is 5.97 Å². The lowest BCUT2D eigenvalue weighted by molar-refractivity contribution is -0.143. The molecule has 2 fully saturated rings. The molecule has 1 spiro atoms. The van der Waals surface area contributed by atoms with E-state index < -0.39 is 0 Å². The van der Waals surface area contributed by atoms with Crippen molar-refractivity contribution in [3.63, 3.8) is 0 Å². The van der Waals surface area contributed by atoms with Gasteiger partial charge in [-0.2, -0.15) is 0 Å². The molecule has 1 saturated carbocycles. The average Bonchev–Trinajstić information content (AvgIpc) is 2.69. The van der Waals surface area contributed by atoms with Crippen LogP contribution in [0.3, 0.4) is 0 Å². The van der Waals surface area contributed by atoms with Gasteiger partial charge in [-0.25, -0.2) is 0 Å². The number of carbonyl (C=O) groups excluding carboxylic acids is 1. The minimum atomic E-state index is -0.0577. The summed E-state index contributed by atoms with van der Waals surface area (Å²) in [7, 11) is 0. The van der Waals surface area contributed by atoms with Crippen LogP contribution in [0.4, 0.5) is 0 Å². The van der Waals surface area contributed by atoms with Crippen LogP contribution in [0.5, 0.6) is 0 Å². The van der Waals surface area contributed by atoms with E-state index in [1.165, 1.54) is 19.3 Å². The predicted molar refractivity (Wildman–Crippen MR) is 49.3 cm³/mol. The second kappa shape index (κ2) is 3.29. The van der Waals surface area contributed by atoms with E-state index in [1.807, 2.05) is 6.92 Å². The lowest BCUT2D eigenvalue weighted by atomic mass is 10.0. The van der Waals surface area contributed by atoms with E-state index in [9.17, 15) is 4.79 Å². The summed E-state index contributed by atoms with van der Waals surface area (Å²) in [6.45, 7) is 3.45. The van der Waals surface area contributed by atoms with Crippen LogP contribution in [-0.2, 0) is 9.53 Å². The van der Waals surface area contributed by atoms with Gasteiger partial charge in [-0.15, -0.1) is 0 Å². The maximum atomic E-state index is 11.2. The number of nitrogens with one attached hydrogen (secondary N) is 1. The third-order valence-electron chi connectivity index (χ3n) is 3.12. The van der Waals surface area contributed by atoms with Crippen LogP contribution in [0.2, 0.25) is 0 Å². The first-order valence-corrected chi connectivity index (χ1v) is 5.13. The molecule has 0 aromatic carbocycles. The Morgan fingerprint density at radius 2 is 2.38 bits per heavy atom. The molecule has 0 aromatic heterocycles. The minimum absolute atomic E-state index is 0.0577. The third kappa shape index (κ3) is 2.02. The van der Waals surface area contributed by atoms with Gasteiger partial charge in [-0.3, -0.25) is 4.79 Å². The molecule has 1 heterocycles. The van der Waals surface area contributed by atoms with Crippen LogP contribution in [0, 0.1) is 5.41 Å². The minimum Gasteiger partial charge on any atom is -0.466 e. The van der Waals surface area contributed by atoms with Gasteiger partial charge in [0.15, 0.2) is 0 Å². The molecule has 1 aliphatic carbocycles. The standard InChI is InChI=1S/C10H17NO2/c1-2-13-9(12)5-8-6-10(3-4-10)7-11-8/h8,11H,2-7H2,1H3/t8-/m1/s1. The highest BCUT2D eigenvalue weighted by Crippen LogP contribution is 2.52. The molecule has 0 aromatic rings. The van der Waals surface area contributed by atoms with E-state index in [-0.39, 0.29) is 5.97 Å². The highest BCUT2D eigenvalue weighted by atomic mass is 16.5. The van der Waals surface area contributed by atoms with E-state index in [0.717, 1.165) is 6.54 Å². The molecular weight excluding hydrogens is 166 g/mol. The van der Waals surface area contributed by atoms with Crippen LogP contribution < -0.4 is 5.32 Å². The van der Waals surface area contributed by atoms with Crippen molar-refractivity contribution in [1.82, 2.24) is 5.32 Å². The molecule has 3 nitrogen and oxygen atoms in total. The van der Waals surface area contributed by atoms with Gasteiger partial charge < -0.3 is 10.1 Å². The normalized spacial score (nSPS) is 29.2. The Labute approximate surface area is 78.8 Å². The Kier molecular flexibility index (Phi) is 2.28. The number of esters is 1. The van der Waals surface area contributed by atoms with Gasteiger partial charge in [0.05, 0.1) is 13.0 Å². The molecule has 2 aliphatic rings. The number of ether oxygens (including phenoxy) is 1. The lowest BCUT2D eigenvalue weighted by Crippen LogP contribution is -2.25. The van der Waals surface area contributed by atoms with E-state index in [0.29, 0.717) is 24.5 Å². The fourth-order valence-electron chi connectivity index (χ4n) is 2.15. The summed E-state index contributed by atoms with van der Waals surface area (Å²) >= 11 is 0. The fraction of sp³-hybridized carbons (Fsp3) is 0.900. The molecule has 3 heteroatoms. The average molecular weight is 183 g/mol. The monoisotopic (exact) mass is 183 g/mol. The molecule has 0 bridgehead atoms. The van der Waals surface area contributed by atoms with Gasteiger partial charge in [0, 0.05) is 12.6 Å². The van der Waals surface area contributed by atoms with Crippen LogP contribution in [-0.4, -0.2) is 25.2 Å². The van der Waals surface area contributed by atoms with Crippen molar-refractivity contribution in [3.05, 3.63) is 0 Å². The summed E-state index contributed by atoms with van der Waals surface area (Å²) in [4.78, 5) is 11.2. The van der Waals surface area contributed by atoms with Crippen LogP contribution in [0.15, 0.2) is 0 Å². The second-order valence-corrected chi connectivity index (χ2v) is 4.29. The maximum absolute atomic E-state index is 11.2. The third-order valence-corrected chi connectivity index (χ3v) is 3.12. The van der Waals surface area contributed by atoms with Gasteiger partial charge in [0.1, 0.15) is 0 Å². The first kappa shape index (κ1) is 9.00. The van der Waals surface area contributed by atoms with Crippen molar-refractivity contribution in [2.75, 3.05) is 13.2 Å². The SMILES string of the molecule is CCOC(=O)C[C@@H]1CC2(CC2)CN1. The Morgan fingerprint density at radius 1 is 1.62 bits per heavy atom. The summed E-state index contributed by atoms with van der Waals surface area (Å²) in [5, 5.41) is 3.40. The summed E-state index contributed by atoms with van der Waals surface area (Å²) in [5.41, 5.74) is 0.581. The van der Waals surface area contributed by atoms with E-state index in [4.69, 9.17) is 4.74 Å². The first-order valence-electron chi connectivity index (χ1n) is 5.13. The molecule has 0 radical (unpaired) electrons. The predicted octanol–water partition coefficient (Wildman–Crippen LogP) is 1.08. The van der Waals surface area contributed by atoms with Crippen LogP contribution in [0.1, 0.15) is 32.6 Å². The highest BCUT2D eigenvalue weighted by molar-refractivity contribution is 5.70. The summed E-state index contributed by atoms with van der Waals surface area (Å²) in [6, 6.07) is 0.376. The van der Waals surface area contributed by atoms with Gasteiger partial charge in [-0.05, 0) is 31.6 Å². The Morgan fingerprint density at radius 3 is 2.92 bits per heavy atom. The van der Waals surface area contributed by atoms with Crippen molar-refractivity contribution < 1.29 is 9.53 Å². The van der Waals surface area contributed by atoms with E-state index >= 15 is 0 Å². The zero-order valence-corrected chi connectivity index (χ0v) is 8.14. The Balaban J connectivity index is 1.74. The molecule has 1 N–H and O–H groups in total. The highest BCUT2D eigenvalue weighted by Gasteiger charge is 2.48. The van der Waals surface area contributed by atoms with E-state index in [1.54, 1.807) is 0 Å². The zero-order valence-electron chi connectivity index (χ0n) is 8.14. The maximum Gasteiger partial charge on any atom is 0.307 e. The molecule has 13 heavy (non-hydrogen) atoms. The van der Waals surface area contributed by atoms with E-state index in [2.05, 4.69) is 5.32 Å². The topological polar surface area (TPSA) is 38.3 Å². The number of rotatable bonds is 3. The second-order valence-electron chi connectivity index (χ2n) is 4.29. The molecule has 2 rings (SSSR count). The number of hydrogen-bond donors (Lipinski definition) is 1. The van der Waals surface area contributed by atoms with Crippen molar-refractivity contribution in [2.24, 2.45) is 5.41 Å². The molecule has 0 amide bonds. The summed E-state index contributed by atoms with van der Waals surface area (Å²) in [5.74, 6) is -0.0577. The molecule has 74 valence electrons. The smallest absolute Gasteiger partial charge is 0.307 e. The summed E-state index contributed by atoms with van der Waals surface area (Å²) in [6.07, 6.45) is 4.42. The van der Waals surface area contributed by atoms with Gasteiger partial charge in [0.25, 0.3) is 0 Å². The quantitative estimate of drug-likeness (QED) is 0.665. The first-order chi connectivity index (χ1) is 6.24. The Hall–Kier alpha value is -0.570. The zero-order chi connectivity index (χ0) is 9.31. The van der Waals surface area contributed by atoms with Crippen LogP contribution >= 0.6 is 0 Å². The van der Waals surface area contributed by atoms with Gasteiger partial charge in [-0.1, -0.05) is 0 Å². The summed E-state index contributed by atoms with van der Waals surface area (Å²) < 4.78 is 4.91. The molecule has 0 unspecified atom stereocenters. The number of hydrogen-bond acceptors (Lipinski definition) is 3. The molecule has 1 atom stereocenters. The van der Waals surface area contributed by atoms with Crippen molar-refractivity contribution in [2.45, 2.75) is 38.6 Å².